The second kappa shape index (κ2) is 6.02. The maximum absolute atomic E-state index is 5.30. The molecule has 0 N–H and O–H groups in total. The van der Waals surface area contributed by atoms with E-state index in [9.17, 15) is 0 Å². The first-order valence-corrected chi connectivity index (χ1v) is 6.43. The van der Waals surface area contributed by atoms with Gasteiger partial charge in [0.25, 0.3) is 0 Å². The van der Waals surface area contributed by atoms with Crippen molar-refractivity contribution in [3.63, 3.8) is 0 Å². The van der Waals surface area contributed by atoms with E-state index in [-0.39, 0.29) is 0 Å². The van der Waals surface area contributed by atoms with Gasteiger partial charge in [0.2, 0.25) is 0 Å². The van der Waals surface area contributed by atoms with Crippen LogP contribution in [0, 0.1) is 0 Å². The fourth-order valence-corrected chi connectivity index (χ4v) is 1.92. The lowest BCUT2D eigenvalue weighted by atomic mass is 10.2. The van der Waals surface area contributed by atoms with E-state index in [1.165, 1.54) is 0 Å². The van der Waals surface area contributed by atoms with Crippen LogP contribution in [0.25, 0.3) is 10.9 Å². The van der Waals surface area contributed by atoms with Crippen LogP contribution in [-0.2, 0) is 0 Å². The van der Waals surface area contributed by atoms with Gasteiger partial charge in [0, 0.05) is 11.6 Å². The maximum Gasteiger partial charge on any atom is 0.161 e. The Morgan fingerprint density at radius 2 is 1.45 bits per heavy atom. The fraction of sp³-hybridized carbons (Fsp3) is 0.125. The summed E-state index contributed by atoms with van der Waals surface area (Å²) in [6, 6.07) is 15.6. The summed E-state index contributed by atoms with van der Waals surface area (Å²) in [6.07, 6.45) is 3.37. The third-order valence-corrected chi connectivity index (χ3v) is 2.86. The average Bonchev–Trinajstić information content (AvgIpc) is 2.56. The Labute approximate surface area is 117 Å². The van der Waals surface area contributed by atoms with Crippen molar-refractivity contribution in [2.24, 2.45) is 0 Å². The Bertz CT molecular complexity index is 610. The first-order chi connectivity index (χ1) is 9.93. The molecule has 0 amide bonds. The zero-order valence-electron chi connectivity index (χ0n) is 10.9. The molecule has 100 valence electrons. The molecule has 0 bridgehead atoms. The van der Waals surface area contributed by atoms with Crippen molar-refractivity contribution in [1.82, 2.24) is 9.97 Å². The van der Waals surface area contributed by atoms with E-state index in [1.54, 1.807) is 6.33 Å². The minimum absolute atomic E-state index is 0.664. The molecule has 3 aromatic rings. The van der Waals surface area contributed by atoms with Crippen LogP contribution >= 0.6 is 0 Å². The van der Waals surface area contributed by atoms with Crippen LogP contribution in [0.4, 0.5) is 0 Å². The SMILES string of the molecule is c1ccc2c(c1)OCCO2.c1ccc2ncncc2c1. The highest BCUT2D eigenvalue weighted by molar-refractivity contribution is 5.76. The summed E-state index contributed by atoms with van der Waals surface area (Å²) in [5.41, 5.74) is 0.998. The number of benzene rings is 2. The largest absolute Gasteiger partial charge is 0.486 e. The standard InChI is InChI=1S/C8H6N2.C8H8O2/c1-2-4-8-7(3-1)5-9-6-10-8;1-2-4-8-7(3-1)9-5-6-10-8/h1-6H;1-4H,5-6H2. The molecule has 1 aromatic heterocycles. The molecule has 2 heterocycles. The van der Waals surface area contributed by atoms with Gasteiger partial charge in [-0.05, 0) is 18.2 Å². The summed E-state index contributed by atoms with van der Waals surface area (Å²) in [6.45, 7) is 1.33. The van der Waals surface area contributed by atoms with Crippen molar-refractivity contribution in [1.29, 1.82) is 0 Å². The van der Waals surface area contributed by atoms with Gasteiger partial charge in [0.05, 0.1) is 5.52 Å². The molecule has 0 fully saturated rings. The van der Waals surface area contributed by atoms with Gasteiger partial charge in [0.15, 0.2) is 11.5 Å². The lowest BCUT2D eigenvalue weighted by molar-refractivity contribution is 0.171. The van der Waals surface area contributed by atoms with Gasteiger partial charge in [0.1, 0.15) is 19.5 Å². The van der Waals surface area contributed by atoms with Crippen molar-refractivity contribution in [2.75, 3.05) is 13.2 Å². The zero-order chi connectivity index (χ0) is 13.6. The molecule has 20 heavy (non-hydrogen) atoms. The smallest absolute Gasteiger partial charge is 0.161 e. The van der Waals surface area contributed by atoms with Gasteiger partial charge < -0.3 is 9.47 Å². The Kier molecular flexibility index (Phi) is 3.73. The predicted molar refractivity (Wildman–Crippen MR) is 77.0 cm³/mol. The number of aromatic nitrogens is 2. The number of fused-ring (bicyclic) bond motifs is 2. The van der Waals surface area contributed by atoms with Gasteiger partial charge in [-0.15, -0.1) is 0 Å². The predicted octanol–water partition coefficient (Wildman–Crippen LogP) is 3.09. The first-order valence-electron chi connectivity index (χ1n) is 6.43. The van der Waals surface area contributed by atoms with Gasteiger partial charge in [-0.1, -0.05) is 30.3 Å². The molecule has 0 saturated carbocycles. The van der Waals surface area contributed by atoms with Crippen LogP contribution in [0.3, 0.4) is 0 Å². The van der Waals surface area contributed by atoms with Crippen LogP contribution in [0.5, 0.6) is 11.5 Å². The topological polar surface area (TPSA) is 44.2 Å². The van der Waals surface area contributed by atoms with Gasteiger partial charge in [-0.3, -0.25) is 0 Å². The van der Waals surface area contributed by atoms with E-state index in [0.717, 1.165) is 22.4 Å². The van der Waals surface area contributed by atoms with Crippen LogP contribution in [0.2, 0.25) is 0 Å². The molecule has 0 radical (unpaired) electrons. The Hall–Kier alpha value is -2.62. The molecule has 0 aliphatic carbocycles. The molecular formula is C16H14N2O2. The molecular weight excluding hydrogens is 252 g/mol. The number of hydrogen-bond donors (Lipinski definition) is 0. The van der Waals surface area contributed by atoms with Gasteiger partial charge in [-0.25, -0.2) is 9.97 Å². The first kappa shape index (κ1) is 12.4. The zero-order valence-corrected chi connectivity index (χ0v) is 10.9. The normalized spacial score (nSPS) is 12.4. The maximum atomic E-state index is 5.30. The molecule has 4 rings (SSSR count). The van der Waals surface area contributed by atoms with Crippen molar-refractivity contribution >= 4 is 10.9 Å². The summed E-state index contributed by atoms with van der Waals surface area (Å²) < 4.78 is 10.6. The number of hydrogen-bond acceptors (Lipinski definition) is 4. The molecule has 4 heteroatoms. The second-order valence-electron chi connectivity index (χ2n) is 4.23. The molecule has 1 aliphatic rings. The third kappa shape index (κ3) is 2.85. The summed E-state index contributed by atoms with van der Waals surface area (Å²) >= 11 is 0. The van der Waals surface area contributed by atoms with Crippen LogP contribution < -0.4 is 9.47 Å². The van der Waals surface area contributed by atoms with E-state index in [0.29, 0.717) is 13.2 Å². The van der Waals surface area contributed by atoms with Crippen molar-refractivity contribution in [2.45, 2.75) is 0 Å². The summed E-state index contributed by atoms with van der Waals surface area (Å²) in [4.78, 5) is 7.97. The number of para-hydroxylation sites is 3. The molecule has 0 atom stereocenters. The fourth-order valence-electron chi connectivity index (χ4n) is 1.92. The van der Waals surface area contributed by atoms with Crippen molar-refractivity contribution < 1.29 is 9.47 Å². The third-order valence-electron chi connectivity index (χ3n) is 2.86. The number of rotatable bonds is 0. The van der Waals surface area contributed by atoms with Gasteiger partial charge in [-0.2, -0.15) is 0 Å². The molecule has 4 nitrogen and oxygen atoms in total. The van der Waals surface area contributed by atoms with E-state index < -0.39 is 0 Å². The van der Waals surface area contributed by atoms with Crippen LogP contribution in [-0.4, -0.2) is 23.2 Å². The van der Waals surface area contributed by atoms with E-state index in [4.69, 9.17) is 9.47 Å². The van der Waals surface area contributed by atoms with Crippen molar-refractivity contribution in [3.8, 4) is 11.5 Å². The monoisotopic (exact) mass is 266 g/mol. The Balaban J connectivity index is 0.000000121. The highest BCUT2D eigenvalue weighted by Gasteiger charge is 2.07. The molecule has 0 spiro atoms. The Morgan fingerprint density at radius 3 is 2.15 bits per heavy atom. The lowest BCUT2D eigenvalue weighted by Gasteiger charge is -2.17. The minimum atomic E-state index is 0.664. The quantitative estimate of drug-likeness (QED) is 0.627. The van der Waals surface area contributed by atoms with Gasteiger partial charge >= 0.3 is 0 Å². The number of nitrogens with zero attached hydrogens (tertiary/aromatic N) is 2. The second-order valence-corrected chi connectivity index (χ2v) is 4.23. The highest BCUT2D eigenvalue weighted by Crippen LogP contribution is 2.28. The molecule has 1 aliphatic heterocycles. The highest BCUT2D eigenvalue weighted by atomic mass is 16.6. The van der Waals surface area contributed by atoms with E-state index in [1.807, 2.05) is 54.7 Å². The molecule has 0 saturated heterocycles. The summed E-state index contributed by atoms with van der Waals surface area (Å²) in [5.74, 6) is 1.71. The molecule has 0 unspecified atom stereocenters. The molecule has 2 aromatic carbocycles. The van der Waals surface area contributed by atoms with E-state index >= 15 is 0 Å². The summed E-state index contributed by atoms with van der Waals surface area (Å²) in [5, 5.41) is 1.09. The average molecular weight is 266 g/mol. The lowest BCUT2D eigenvalue weighted by Crippen LogP contribution is -2.14. The Morgan fingerprint density at radius 1 is 0.800 bits per heavy atom. The van der Waals surface area contributed by atoms with Crippen LogP contribution in [0.15, 0.2) is 61.1 Å². The number of ether oxygens (including phenoxy) is 2. The summed E-state index contributed by atoms with van der Waals surface area (Å²) in [7, 11) is 0. The van der Waals surface area contributed by atoms with Crippen molar-refractivity contribution in [3.05, 3.63) is 61.1 Å². The van der Waals surface area contributed by atoms with Crippen LogP contribution in [0.1, 0.15) is 0 Å². The minimum Gasteiger partial charge on any atom is -0.486 e. The van der Waals surface area contributed by atoms with E-state index in [2.05, 4.69) is 9.97 Å².